The molecule has 3 aromatic carbocycles. The van der Waals surface area contributed by atoms with Crippen LogP contribution in [0.3, 0.4) is 0 Å². The van der Waals surface area contributed by atoms with E-state index in [9.17, 15) is 9.59 Å². The minimum Gasteiger partial charge on any atom is -0.469 e. The molecule has 0 radical (unpaired) electrons. The first-order valence-electron chi connectivity index (χ1n) is 17.0. The van der Waals surface area contributed by atoms with E-state index in [1.807, 2.05) is 36.9 Å². The molecule has 0 unspecified atom stereocenters. The van der Waals surface area contributed by atoms with Crippen molar-refractivity contribution in [2.24, 2.45) is 0 Å². The van der Waals surface area contributed by atoms with Gasteiger partial charge in [-0.15, -0.1) is 0 Å². The van der Waals surface area contributed by atoms with Crippen LogP contribution in [0.15, 0.2) is 66.7 Å². The molecular weight excluding hydrogens is 594 g/mol. The molecule has 0 bridgehead atoms. The maximum atomic E-state index is 12.5. The Morgan fingerprint density at radius 2 is 1.66 bits per heavy atom. The van der Waals surface area contributed by atoms with Crippen LogP contribution in [-0.2, 0) is 43.2 Å². The highest BCUT2D eigenvalue weighted by molar-refractivity contribution is 5.70. The molecule has 252 valence electrons. The van der Waals surface area contributed by atoms with Gasteiger partial charge in [-0.25, -0.2) is 4.79 Å². The second-order valence-electron chi connectivity index (χ2n) is 12.9. The predicted octanol–water partition coefficient (Wildman–Crippen LogP) is 8.20. The van der Waals surface area contributed by atoms with Crippen LogP contribution in [0.25, 0.3) is 11.1 Å². The van der Waals surface area contributed by atoms with Gasteiger partial charge in [-0.05, 0) is 78.5 Å². The van der Waals surface area contributed by atoms with E-state index in [1.54, 1.807) is 0 Å². The summed E-state index contributed by atoms with van der Waals surface area (Å²) in [4.78, 5) is 25.7. The van der Waals surface area contributed by atoms with Gasteiger partial charge in [0.05, 0.1) is 20.3 Å². The Morgan fingerprint density at radius 3 is 2.47 bits per heavy atom. The minimum absolute atomic E-state index is 0.180. The molecular formula is C39H49NO7. The van der Waals surface area contributed by atoms with E-state index in [4.69, 9.17) is 23.7 Å². The fraction of sp³-hybridized carbons (Fsp3) is 0.487. The van der Waals surface area contributed by atoms with Gasteiger partial charge in [-0.1, -0.05) is 67.4 Å². The third-order valence-electron chi connectivity index (χ3n) is 8.81. The Morgan fingerprint density at radius 1 is 0.872 bits per heavy atom. The highest BCUT2D eigenvalue weighted by Gasteiger charge is 2.33. The van der Waals surface area contributed by atoms with Gasteiger partial charge in [0.15, 0.2) is 0 Å². The van der Waals surface area contributed by atoms with Crippen molar-refractivity contribution >= 4 is 12.1 Å². The average Bonchev–Trinajstić information content (AvgIpc) is 3.45. The number of unbranched alkanes of at least 4 members (excludes halogenated alkanes) is 4. The third-order valence-corrected chi connectivity index (χ3v) is 8.81. The number of benzene rings is 3. The smallest absolute Gasteiger partial charge is 0.410 e. The summed E-state index contributed by atoms with van der Waals surface area (Å²) in [5.41, 5.74) is 6.83. The highest BCUT2D eigenvalue weighted by atomic mass is 16.7. The number of ether oxygens (including phenoxy) is 5. The van der Waals surface area contributed by atoms with E-state index in [-0.39, 0.29) is 18.2 Å². The number of nitrogens with zero attached hydrogens (tertiary/aromatic N) is 1. The minimum atomic E-state index is -0.627. The number of hydrogen-bond acceptors (Lipinski definition) is 7. The number of carbonyl (C=O) groups is 2. The van der Waals surface area contributed by atoms with E-state index in [2.05, 4.69) is 48.5 Å². The molecule has 5 rings (SSSR count). The van der Waals surface area contributed by atoms with Crippen molar-refractivity contribution in [3.05, 3.63) is 89.0 Å². The fourth-order valence-corrected chi connectivity index (χ4v) is 6.04. The summed E-state index contributed by atoms with van der Waals surface area (Å²) in [6, 6.07) is 23.1. The van der Waals surface area contributed by atoms with Gasteiger partial charge in [-0.2, -0.15) is 0 Å². The highest BCUT2D eigenvalue weighted by Crippen LogP contribution is 2.35. The Kier molecular flexibility index (Phi) is 12.3. The second kappa shape index (κ2) is 16.8. The zero-order valence-corrected chi connectivity index (χ0v) is 28.1. The average molecular weight is 644 g/mol. The molecule has 1 saturated heterocycles. The number of aryl methyl sites for hydroxylation is 2. The van der Waals surface area contributed by atoms with Crippen LogP contribution in [0.5, 0.6) is 5.75 Å². The van der Waals surface area contributed by atoms with E-state index in [0.29, 0.717) is 32.5 Å². The first-order valence-corrected chi connectivity index (χ1v) is 17.0. The molecule has 0 saturated carbocycles. The van der Waals surface area contributed by atoms with Gasteiger partial charge >= 0.3 is 12.1 Å². The molecule has 8 nitrogen and oxygen atoms in total. The lowest BCUT2D eigenvalue weighted by Gasteiger charge is -2.32. The van der Waals surface area contributed by atoms with Gasteiger partial charge in [0.1, 0.15) is 11.9 Å². The molecule has 3 aromatic rings. The molecule has 2 aliphatic heterocycles. The summed E-state index contributed by atoms with van der Waals surface area (Å²) in [6.45, 7) is 7.14. The SMILES string of the molecule is COC(=O)CCc1ccc(-c2cccc(CCCCOCCCCCCN3C[C@@H](c4ccc5c(c4)COC(C)(C)O5)OC3=O)c2)cc1. The summed E-state index contributed by atoms with van der Waals surface area (Å²) < 4.78 is 28.0. The van der Waals surface area contributed by atoms with Gasteiger partial charge in [0.25, 0.3) is 0 Å². The Hall–Kier alpha value is -3.88. The number of methoxy groups -OCH3 is 1. The van der Waals surface area contributed by atoms with Crippen molar-refractivity contribution in [3.8, 4) is 16.9 Å². The van der Waals surface area contributed by atoms with Crippen LogP contribution in [-0.4, -0.2) is 56.2 Å². The number of rotatable bonds is 17. The topological polar surface area (TPSA) is 83.5 Å². The summed E-state index contributed by atoms with van der Waals surface area (Å²) in [6.07, 6.45) is 7.90. The molecule has 47 heavy (non-hydrogen) atoms. The monoisotopic (exact) mass is 643 g/mol. The third kappa shape index (κ3) is 10.3. The number of amides is 1. The fourth-order valence-electron chi connectivity index (χ4n) is 6.04. The van der Waals surface area contributed by atoms with E-state index in [1.165, 1.54) is 23.8 Å². The van der Waals surface area contributed by atoms with Crippen molar-refractivity contribution in [3.63, 3.8) is 0 Å². The molecule has 2 heterocycles. The Balaban J connectivity index is 0.902. The quantitative estimate of drug-likeness (QED) is 0.108. The normalized spacial score (nSPS) is 16.8. The molecule has 2 aliphatic rings. The lowest BCUT2D eigenvalue weighted by molar-refractivity contribution is -0.180. The largest absolute Gasteiger partial charge is 0.469 e. The van der Waals surface area contributed by atoms with Crippen LogP contribution in [0.2, 0.25) is 0 Å². The molecule has 0 N–H and O–H groups in total. The molecule has 1 atom stereocenters. The van der Waals surface area contributed by atoms with Gasteiger partial charge in [-0.3, -0.25) is 4.79 Å². The van der Waals surface area contributed by atoms with Gasteiger partial charge in [0.2, 0.25) is 5.79 Å². The van der Waals surface area contributed by atoms with Crippen LogP contribution in [0, 0.1) is 0 Å². The van der Waals surface area contributed by atoms with E-state index in [0.717, 1.165) is 80.6 Å². The molecule has 8 heteroatoms. The van der Waals surface area contributed by atoms with Crippen molar-refractivity contribution < 1.29 is 33.3 Å². The lowest BCUT2D eigenvalue weighted by Crippen LogP contribution is -2.35. The number of fused-ring (bicyclic) bond motifs is 1. The standard InChI is InChI=1S/C39H49NO7/c1-39(2)45-28-34-26-33(19-20-35(34)47-39)36-27-40(38(42)46-36)22-7-4-5-8-23-44-24-9-6-11-30-12-10-13-32(25-30)31-17-14-29(15-18-31)16-21-37(41)43-3/h10,12-15,17-20,25-26,36H,4-9,11,16,21-24,27-28H2,1-3H3/t36-/m0/s1. The van der Waals surface area contributed by atoms with Crippen LogP contribution in [0.4, 0.5) is 4.79 Å². The zero-order valence-electron chi connectivity index (χ0n) is 28.1. The maximum Gasteiger partial charge on any atom is 0.410 e. The van der Waals surface area contributed by atoms with Gasteiger partial charge in [0, 0.05) is 45.6 Å². The zero-order chi connectivity index (χ0) is 33.1. The summed E-state index contributed by atoms with van der Waals surface area (Å²) in [5, 5.41) is 0. The van der Waals surface area contributed by atoms with Crippen LogP contribution < -0.4 is 4.74 Å². The summed E-state index contributed by atoms with van der Waals surface area (Å²) in [5.74, 6) is 0.0185. The maximum absolute atomic E-state index is 12.5. The van der Waals surface area contributed by atoms with Crippen LogP contribution >= 0.6 is 0 Å². The summed E-state index contributed by atoms with van der Waals surface area (Å²) in [7, 11) is 1.42. The van der Waals surface area contributed by atoms with Crippen molar-refractivity contribution in [2.45, 2.75) is 90.1 Å². The molecule has 0 aromatic heterocycles. The molecule has 0 aliphatic carbocycles. The molecule has 1 amide bonds. The van der Waals surface area contributed by atoms with Crippen molar-refractivity contribution in [1.29, 1.82) is 0 Å². The lowest BCUT2D eigenvalue weighted by atomic mass is 9.99. The van der Waals surface area contributed by atoms with E-state index < -0.39 is 5.79 Å². The number of cyclic esters (lactones) is 1. The predicted molar refractivity (Wildman–Crippen MR) is 181 cm³/mol. The van der Waals surface area contributed by atoms with Gasteiger partial charge < -0.3 is 28.6 Å². The molecule has 1 fully saturated rings. The first-order chi connectivity index (χ1) is 22.8. The second-order valence-corrected chi connectivity index (χ2v) is 12.9. The van der Waals surface area contributed by atoms with Crippen LogP contribution in [0.1, 0.15) is 87.2 Å². The Labute approximate surface area is 279 Å². The number of esters is 1. The summed E-state index contributed by atoms with van der Waals surface area (Å²) >= 11 is 0. The van der Waals surface area contributed by atoms with Crippen molar-refractivity contribution in [1.82, 2.24) is 4.90 Å². The Bertz CT molecular complexity index is 1470. The van der Waals surface area contributed by atoms with Crippen molar-refractivity contribution in [2.75, 3.05) is 33.4 Å². The number of carbonyl (C=O) groups excluding carboxylic acids is 2. The first kappa shape index (κ1) is 34.5. The molecule has 0 spiro atoms. The van der Waals surface area contributed by atoms with E-state index >= 15 is 0 Å². The number of hydrogen-bond donors (Lipinski definition) is 0.